The van der Waals surface area contributed by atoms with Crippen LogP contribution in [0.25, 0.3) is 16.8 Å². The molecule has 1 saturated heterocycles. The highest BCUT2D eigenvalue weighted by Gasteiger charge is 2.22. The van der Waals surface area contributed by atoms with Crippen LogP contribution in [0.2, 0.25) is 0 Å². The molecular formula is C14H10N2O2. The molecule has 1 aliphatic heterocycles. The van der Waals surface area contributed by atoms with Crippen LogP contribution in [0.5, 0.6) is 0 Å². The molecule has 0 aliphatic carbocycles. The second-order valence-electron chi connectivity index (χ2n) is 4.07. The largest absolute Gasteiger partial charge is 0.326 e. The second kappa shape index (κ2) is 4.00. The van der Waals surface area contributed by atoms with Crippen molar-refractivity contribution in [2.75, 3.05) is 0 Å². The quantitative estimate of drug-likeness (QED) is 0.590. The molecule has 1 heterocycles. The van der Waals surface area contributed by atoms with E-state index in [1.165, 1.54) is 0 Å². The van der Waals surface area contributed by atoms with E-state index in [9.17, 15) is 9.59 Å². The van der Waals surface area contributed by atoms with Crippen LogP contribution in [0.4, 0.5) is 4.79 Å². The molecule has 2 aromatic rings. The number of nitrogens with one attached hydrogen (secondary N) is 2. The first-order valence-electron chi connectivity index (χ1n) is 5.55. The summed E-state index contributed by atoms with van der Waals surface area (Å²) >= 11 is 0. The van der Waals surface area contributed by atoms with Crippen LogP contribution in [0, 0.1) is 0 Å². The zero-order chi connectivity index (χ0) is 12.5. The Morgan fingerprint density at radius 1 is 0.889 bits per heavy atom. The van der Waals surface area contributed by atoms with Crippen LogP contribution in [0.1, 0.15) is 5.56 Å². The van der Waals surface area contributed by atoms with E-state index in [0.717, 1.165) is 16.3 Å². The van der Waals surface area contributed by atoms with Crippen molar-refractivity contribution >= 4 is 28.8 Å². The summed E-state index contributed by atoms with van der Waals surface area (Å²) in [5, 5.41) is 6.86. The molecule has 4 nitrogen and oxygen atoms in total. The first kappa shape index (κ1) is 10.5. The number of hydrogen-bond acceptors (Lipinski definition) is 2. The molecule has 0 unspecified atom stereocenters. The lowest BCUT2D eigenvalue weighted by atomic mass is 10.1. The smallest absolute Gasteiger partial charge is 0.303 e. The lowest BCUT2D eigenvalue weighted by Crippen LogP contribution is -2.22. The van der Waals surface area contributed by atoms with Crippen molar-refractivity contribution in [2.45, 2.75) is 0 Å². The topological polar surface area (TPSA) is 58.2 Å². The van der Waals surface area contributed by atoms with Gasteiger partial charge in [-0.25, -0.2) is 4.79 Å². The number of fused-ring (bicyclic) bond motifs is 1. The van der Waals surface area contributed by atoms with Crippen LogP contribution < -0.4 is 10.6 Å². The van der Waals surface area contributed by atoms with E-state index in [-0.39, 0.29) is 5.70 Å². The number of carbonyl (C=O) groups excluding carboxylic acids is 2. The molecule has 0 bridgehead atoms. The number of amides is 3. The number of hydrogen-bond donors (Lipinski definition) is 2. The van der Waals surface area contributed by atoms with Gasteiger partial charge in [-0.1, -0.05) is 36.4 Å². The first-order chi connectivity index (χ1) is 8.72. The van der Waals surface area contributed by atoms with Crippen molar-refractivity contribution in [1.82, 2.24) is 10.6 Å². The standard InChI is InChI=1S/C14H10N2O2/c17-13-12(15-14(18)16-13)8-9-5-6-10-3-1-2-4-11(10)7-9/h1-8H,(H2,15,16,17,18). The molecule has 2 aromatic carbocycles. The third-order valence-electron chi connectivity index (χ3n) is 2.80. The fraction of sp³-hybridized carbons (Fsp3) is 0. The fourth-order valence-electron chi connectivity index (χ4n) is 1.95. The van der Waals surface area contributed by atoms with Gasteiger partial charge in [0.1, 0.15) is 5.70 Å². The van der Waals surface area contributed by atoms with Gasteiger partial charge in [-0.05, 0) is 28.5 Å². The molecule has 0 atom stereocenters. The molecule has 0 aromatic heterocycles. The zero-order valence-electron chi connectivity index (χ0n) is 9.44. The normalized spacial score (nSPS) is 17.0. The van der Waals surface area contributed by atoms with E-state index in [4.69, 9.17) is 0 Å². The minimum absolute atomic E-state index is 0.273. The van der Waals surface area contributed by atoms with Gasteiger partial charge in [-0.2, -0.15) is 0 Å². The lowest BCUT2D eigenvalue weighted by Gasteiger charge is -2.00. The Kier molecular flexibility index (Phi) is 2.34. The van der Waals surface area contributed by atoms with E-state index in [1.54, 1.807) is 6.08 Å². The monoisotopic (exact) mass is 238 g/mol. The highest BCUT2D eigenvalue weighted by molar-refractivity contribution is 6.14. The second-order valence-corrected chi connectivity index (χ2v) is 4.07. The molecule has 88 valence electrons. The maximum Gasteiger partial charge on any atom is 0.326 e. The van der Waals surface area contributed by atoms with Crippen molar-refractivity contribution in [2.24, 2.45) is 0 Å². The van der Waals surface area contributed by atoms with Crippen LogP contribution in [0.3, 0.4) is 0 Å². The summed E-state index contributed by atoms with van der Waals surface area (Å²) in [5.74, 6) is -0.395. The van der Waals surface area contributed by atoms with Crippen molar-refractivity contribution in [3.05, 3.63) is 53.7 Å². The first-order valence-corrected chi connectivity index (χ1v) is 5.55. The number of rotatable bonds is 1. The lowest BCUT2D eigenvalue weighted by molar-refractivity contribution is -0.115. The van der Waals surface area contributed by atoms with E-state index < -0.39 is 11.9 Å². The van der Waals surface area contributed by atoms with Crippen LogP contribution in [-0.4, -0.2) is 11.9 Å². The van der Waals surface area contributed by atoms with Gasteiger partial charge in [0.2, 0.25) is 0 Å². The molecule has 1 fully saturated rings. The Balaban J connectivity index is 2.02. The molecule has 3 rings (SSSR count). The van der Waals surface area contributed by atoms with Gasteiger partial charge < -0.3 is 5.32 Å². The van der Waals surface area contributed by atoms with E-state index in [2.05, 4.69) is 10.6 Å². The van der Waals surface area contributed by atoms with Crippen LogP contribution in [-0.2, 0) is 4.79 Å². The predicted molar refractivity (Wildman–Crippen MR) is 68.6 cm³/mol. The van der Waals surface area contributed by atoms with Crippen LogP contribution in [0.15, 0.2) is 48.2 Å². The number of urea groups is 1. The molecule has 0 radical (unpaired) electrons. The van der Waals surface area contributed by atoms with Crippen molar-refractivity contribution < 1.29 is 9.59 Å². The average molecular weight is 238 g/mol. The highest BCUT2D eigenvalue weighted by Crippen LogP contribution is 2.17. The summed E-state index contributed by atoms with van der Waals surface area (Å²) in [7, 11) is 0. The van der Waals surface area contributed by atoms with Crippen LogP contribution >= 0.6 is 0 Å². The molecule has 2 N–H and O–H groups in total. The van der Waals surface area contributed by atoms with Crippen molar-refractivity contribution in [3.8, 4) is 0 Å². The summed E-state index contributed by atoms with van der Waals surface area (Å²) in [6.07, 6.45) is 1.66. The molecule has 0 saturated carbocycles. The third-order valence-corrected chi connectivity index (χ3v) is 2.80. The Morgan fingerprint density at radius 2 is 1.67 bits per heavy atom. The molecule has 3 amide bonds. The van der Waals surface area contributed by atoms with Gasteiger partial charge in [0.15, 0.2) is 0 Å². The SMILES string of the molecule is O=C1NC(=O)C(=Cc2ccc3ccccc3c2)N1. The van der Waals surface area contributed by atoms with Gasteiger partial charge in [0, 0.05) is 0 Å². The number of imide groups is 1. The summed E-state index contributed by atoms with van der Waals surface area (Å²) in [6.45, 7) is 0. The Labute approximate surface area is 103 Å². The summed E-state index contributed by atoms with van der Waals surface area (Å²) in [6, 6.07) is 13.4. The zero-order valence-corrected chi connectivity index (χ0v) is 9.44. The predicted octanol–water partition coefficient (Wildman–Crippen LogP) is 2.02. The summed E-state index contributed by atoms with van der Waals surface area (Å²) in [5.41, 5.74) is 1.15. The average Bonchev–Trinajstić information content (AvgIpc) is 2.68. The molecule has 1 aliphatic rings. The minimum Gasteiger partial charge on any atom is -0.303 e. The van der Waals surface area contributed by atoms with Gasteiger partial charge in [0.25, 0.3) is 5.91 Å². The van der Waals surface area contributed by atoms with E-state index in [1.807, 2.05) is 42.5 Å². The van der Waals surface area contributed by atoms with Crippen molar-refractivity contribution in [1.29, 1.82) is 0 Å². The van der Waals surface area contributed by atoms with E-state index >= 15 is 0 Å². The van der Waals surface area contributed by atoms with Gasteiger partial charge in [-0.15, -0.1) is 0 Å². The number of carbonyl (C=O) groups is 2. The maximum absolute atomic E-state index is 11.4. The third kappa shape index (κ3) is 1.84. The van der Waals surface area contributed by atoms with E-state index in [0.29, 0.717) is 0 Å². The summed E-state index contributed by atoms with van der Waals surface area (Å²) in [4.78, 5) is 22.4. The molecule has 4 heteroatoms. The highest BCUT2D eigenvalue weighted by atomic mass is 16.2. The minimum atomic E-state index is -0.480. The summed E-state index contributed by atoms with van der Waals surface area (Å²) < 4.78 is 0. The molecule has 0 spiro atoms. The van der Waals surface area contributed by atoms with Gasteiger partial charge >= 0.3 is 6.03 Å². The van der Waals surface area contributed by atoms with Gasteiger partial charge in [-0.3, -0.25) is 10.1 Å². The van der Waals surface area contributed by atoms with Gasteiger partial charge in [0.05, 0.1) is 0 Å². The van der Waals surface area contributed by atoms with Crippen molar-refractivity contribution in [3.63, 3.8) is 0 Å². The Bertz CT molecular complexity index is 689. The molecule has 18 heavy (non-hydrogen) atoms. The molecular weight excluding hydrogens is 228 g/mol. The Morgan fingerprint density at radius 3 is 2.39 bits per heavy atom. The fourth-order valence-corrected chi connectivity index (χ4v) is 1.95. The number of benzene rings is 2. The maximum atomic E-state index is 11.4. The Hall–Kier alpha value is -2.62.